The Morgan fingerprint density at radius 1 is 0.955 bits per heavy atom. The molecule has 1 atom stereocenters. The molecule has 2 nitrogen and oxygen atoms in total. The molecule has 22 heavy (non-hydrogen) atoms. The summed E-state index contributed by atoms with van der Waals surface area (Å²) in [5.74, 6) is -2.42. The van der Waals surface area contributed by atoms with Crippen LogP contribution >= 0.6 is 0 Å². The van der Waals surface area contributed by atoms with Crippen LogP contribution < -0.4 is 5.32 Å². The summed E-state index contributed by atoms with van der Waals surface area (Å²) in [4.78, 5) is 12.2. The van der Waals surface area contributed by atoms with Gasteiger partial charge in [-0.15, -0.1) is 0 Å². The van der Waals surface area contributed by atoms with Gasteiger partial charge in [0.25, 0.3) is 5.91 Å². The molecule has 0 aliphatic heterocycles. The maximum atomic E-state index is 13.2. The zero-order chi connectivity index (χ0) is 16.4. The van der Waals surface area contributed by atoms with E-state index in [2.05, 4.69) is 11.4 Å². The van der Waals surface area contributed by atoms with Gasteiger partial charge in [-0.1, -0.05) is 12.1 Å². The lowest BCUT2D eigenvalue weighted by Gasteiger charge is -2.18. The number of carbonyl (C=O) groups is 1. The Balaban J connectivity index is 2.21. The summed E-state index contributed by atoms with van der Waals surface area (Å²) in [6.45, 7) is 7.91. The van der Waals surface area contributed by atoms with Crippen molar-refractivity contribution in [3.63, 3.8) is 0 Å². The first-order valence-corrected chi connectivity index (χ1v) is 7.13. The maximum absolute atomic E-state index is 13.2. The van der Waals surface area contributed by atoms with E-state index >= 15 is 0 Å². The van der Waals surface area contributed by atoms with Gasteiger partial charge in [-0.05, 0) is 68.1 Å². The fourth-order valence-corrected chi connectivity index (χ4v) is 2.44. The third kappa shape index (κ3) is 3.32. The first-order chi connectivity index (χ1) is 10.3. The molecule has 0 bridgehead atoms. The number of carbonyl (C=O) groups excluding carboxylic acids is 1. The minimum Gasteiger partial charge on any atom is -0.346 e. The number of halogens is 2. The second-order valence-corrected chi connectivity index (χ2v) is 5.62. The van der Waals surface area contributed by atoms with Crippen LogP contribution in [-0.2, 0) is 0 Å². The maximum Gasteiger partial charge on any atom is 0.251 e. The zero-order valence-corrected chi connectivity index (χ0v) is 13.1. The van der Waals surface area contributed by atoms with Gasteiger partial charge in [0.2, 0.25) is 0 Å². The molecule has 0 aromatic heterocycles. The average Bonchev–Trinajstić information content (AvgIpc) is 2.45. The molecule has 2 aromatic carbocycles. The van der Waals surface area contributed by atoms with Crippen molar-refractivity contribution in [3.05, 3.63) is 69.8 Å². The highest BCUT2D eigenvalue weighted by Gasteiger charge is 2.15. The number of hydrogen-bond donors (Lipinski definition) is 1. The third-order valence-electron chi connectivity index (χ3n) is 3.88. The number of aryl methyl sites for hydroxylation is 3. The first kappa shape index (κ1) is 16.1. The standard InChI is InChI=1S/C18H19F2NO/c1-10-7-12(3)15(8-11(10)2)13(4)21-18(22)14-5-6-16(19)17(20)9-14/h5-9,13H,1-4H3,(H,21,22). The van der Waals surface area contributed by atoms with Gasteiger partial charge in [-0.2, -0.15) is 0 Å². The van der Waals surface area contributed by atoms with Crippen molar-refractivity contribution in [2.45, 2.75) is 33.7 Å². The lowest BCUT2D eigenvalue weighted by molar-refractivity contribution is 0.0939. The molecule has 4 heteroatoms. The predicted molar refractivity (Wildman–Crippen MR) is 82.9 cm³/mol. The molecule has 1 amide bonds. The summed E-state index contributed by atoms with van der Waals surface area (Å²) in [7, 11) is 0. The topological polar surface area (TPSA) is 29.1 Å². The van der Waals surface area contributed by atoms with Crippen LogP contribution in [0.2, 0.25) is 0 Å². The first-order valence-electron chi connectivity index (χ1n) is 7.13. The number of amides is 1. The summed E-state index contributed by atoms with van der Waals surface area (Å²) < 4.78 is 26.1. The van der Waals surface area contributed by atoms with E-state index in [4.69, 9.17) is 0 Å². The molecule has 0 fully saturated rings. The van der Waals surface area contributed by atoms with Crippen molar-refractivity contribution in [1.82, 2.24) is 5.32 Å². The highest BCUT2D eigenvalue weighted by Crippen LogP contribution is 2.22. The van der Waals surface area contributed by atoms with Gasteiger partial charge in [0.15, 0.2) is 11.6 Å². The van der Waals surface area contributed by atoms with Gasteiger partial charge in [0.1, 0.15) is 0 Å². The molecule has 0 heterocycles. The van der Waals surface area contributed by atoms with Crippen LogP contribution in [-0.4, -0.2) is 5.91 Å². The summed E-state index contributed by atoms with van der Waals surface area (Å²) in [6.07, 6.45) is 0. The molecule has 0 saturated heterocycles. The highest BCUT2D eigenvalue weighted by molar-refractivity contribution is 5.94. The van der Waals surface area contributed by atoms with Gasteiger partial charge in [0.05, 0.1) is 6.04 Å². The number of nitrogens with one attached hydrogen (secondary N) is 1. The van der Waals surface area contributed by atoms with Crippen molar-refractivity contribution in [2.75, 3.05) is 0 Å². The van der Waals surface area contributed by atoms with Gasteiger partial charge in [0, 0.05) is 5.56 Å². The number of rotatable bonds is 3. The Morgan fingerprint density at radius 3 is 2.23 bits per heavy atom. The molecule has 0 aliphatic carbocycles. The van der Waals surface area contributed by atoms with E-state index in [0.29, 0.717) is 0 Å². The minimum atomic E-state index is -1.03. The Bertz CT molecular complexity index is 725. The Morgan fingerprint density at radius 2 is 1.59 bits per heavy atom. The van der Waals surface area contributed by atoms with Crippen molar-refractivity contribution in [1.29, 1.82) is 0 Å². The smallest absolute Gasteiger partial charge is 0.251 e. The van der Waals surface area contributed by atoms with Crippen LogP contribution in [0.25, 0.3) is 0 Å². The number of hydrogen-bond acceptors (Lipinski definition) is 1. The zero-order valence-electron chi connectivity index (χ0n) is 13.1. The van der Waals surface area contributed by atoms with Crippen molar-refractivity contribution < 1.29 is 13.6 Å². The highest BCUT2D eigenvalue weighted by atomic mass is 19.2. The summed E-state index contributed by atoms with van der Waals surface area (Å²) >= 11 is 0. The normalized spacial score (nSPS) is 12.1. The molecule has 116 valence electrons. The summed E-state index contributed by atoms with van der Waals surface area (Å²) in [6, 6.07) is 7.03. The fraction of sp³-hybridized carbons (Fsp3) is 0.278. The van der Waals surface area contributed by atoms with Crippen LogP contribution in [0, 0.1) is 32.4 Å². The Hall–Kier alpha value is -2.23. The van der Waals surface area contributed by atoms with Gasteiger partial charge in [-0.3, -0.25) is 4.79 Å². The molecule has 2 rings (SSSR count). The molecule has 0 radical (unpaired) electrons. The minimum absolute atomic E-state index is 0.104. The van der Waals surface area contributed by atoms with Crippen LogP contribution in [0.5, 0.6) is 0 Å². The summed E-state index contributed by atoms with van der Waals surface area (Å²) in [5.41, 5.74) is 4.54. The lowest BCUT2D eigenvalue weighted by Crippen LogP contribution is -2.27. The van der Waals surface area contributed by atoms with Crippen LogP contribution in [0.3, 0.4) is 0 Å². The van der Waals surface area contributed by atoms with Gasteiger partial charge in [-0.25, -0.2) is 8.78 Å². The Kier molecular flexibility index (Phi) is 4.59. The van der Waals surface area contributed by atoms with Crippen molar-refractivity contribution in [3.8, 4) is 0 Å². The van der Waals surface area contributed by atoms with E-state index in [1.54, 1.807) is 0 Å². The fourth-order valence-electron chi connectivity index (χ4n) is 2.44. The third-order valence-corrected chi connectivity index (χ3v) is 3.88. The van der Waals surface area contributed by atoms with E-state index in [9.17, 15) is 13.6 Å². The second-order valence-electron chi connectivity index (χ2n) is 5.62. The molecule has 2 aromatic rings. The van der Waals surface area contributed by atoms with E-state index < -0.39 is 17.5 Å². The van der Waals surface area contributed by atoms with E-state index in [-0.39, 0.29) is 11.6 Å². The monoisotopic (exact) mass is 303 g/mol. The molecular formula is C18H19F2NO. The lowest BCUT2D eigenvalue weighted by atomic mass is 9.96. The summed E-state index contributed by atoms with van der Waals surface area (Å²) in [5, 5.41) is 2.82. The van der Waals surface area contributed by atoms with Crippen molar-refractivity contribution in [2.24, 2.45) is 0 Å². The largest absolute Gasteiger partial charge is 0.346 e. The van der Waals surface area contributed by atoms with Crippen molar-refractivity contribution >= 4 is 5.91 Å². The molecule has 1 unspecified atom stereocenters. The second kappa shape index (κ2) is 6.26. The molecular weight excluding hydrogens is 284 g/mol. The van der Waals surface area contributed by atoms with Crippen LogP contribution in [0.1, 0.15) is 45.6 Å². The van der Waals surface area contributed by atoms with E-state index in [0.717, 1.165) is 28.8 Å². The van der Waals surface area contributed by atoms with E-state index in [1.807, 2.05) is 33.8 Å². The van der Waals surface area contributed by atoms with Crippen LogP contribution in [0.4, 0.5) is 8.78 Å². The quantitative estimate of drug-likeness (QED) is 0.895. The molecule has 0 saturated carbocycles. The molecule has 0 spiro atoms. The Labute approximate surface area is 129 Å². The average molecular weight is 303 g/mol. The van der Waals surface area contributed by atoms with Gasteiger partial charge >= 0.3 is 0 Å². The van der Waals surface area contributed by atoms with Crippen LogP contribution in [0.15, 0.2) is 30.3 Å². The molecule has 1 N–H and O–H groups in total. The number of benzene rings is 2. The van der Waals surface area contributed by atoms with Gasteiger partial charge < -0.3 is 5.32 Å². The van der Waals surface area contributed by atoms with E-state index in [1.165, 1.54) is 11.6 Å². The predicted octanol–water partition coefficient (Wildman–Crippen LogP) is 4.38. The SMILES string of the molecule is Cc1cc(C)c(C(C)NC(=O)c2ccc(F)c(F)c2)cc1C. The molecule has 0 aliphatic rings.